The first-order valence-electron chi connectivity index (χ1n) is 13.6. The van der Waals surface area contributed by atoms with Crippen molar-refractivity contribution in [2.75, 3.05) is 18.0 Å². The minimum absolute atomic E-state index is 0.00254. The summed E-state index contributed by atoms with van der Waals surface area (Å²) in [5, 5.41) is 10.4. The van der Waals surface area contributed by atoms with Crippen molar-refractivity contribution in [1.29, 1.82) is 0 Å². The van der Waals surface area contributed by atoms with E-state index < -0.39 is 27.5 Å². The molecule has 210 valence electrons. The van der Waals surface area contributed by atoms with Crippen molar-refractivity contribution >= 4 is 22.7 Å². The van der Waals surface area contributed by atoms with Crippen LogP contribution in [0.2, 0.25) is 0 Å². The predicted octanol–water partition coefficient (Wildman–Crippen LogP) is 3.66. The van der Waals surface area contributed by atoms with Gasteiger partial charge in [0, 0.05) is 61.6 Å². The van der Waals surface area contributed by atoms with Gasteiger partial charge in [0.25, 0.3) is 5.56 Å². The van der Waals surface area contributed by atoms with Crippen LogP contribution in [0.25, 0.3) is 16.8 Å². The molecule has 1 unspecified atom stereocenters. The average molecular weight is 564 g/mol. The molecular weight excluding hydrogens is 529 g/mol. The van der Waals surface area contributed by atoms with E-state index in [9.17, 15) is 9.35 Å². The fourth-order valence-electron chi connectivity index (χ4n) is 6.69. The summed E-state index contributed by atoms with van der Waals surface area (Å²) in [6.45, 7) is 7.35. The summed E-state index contributed by atoms with van der Waals surface area (Å²) in [7, 11) is 1.52. The van der Waals surface area contributed by atoms with Crippen LogP contribution in [0.3, 0.4) is 0 Å². The Morgan fingerprint density at radius 1 is 1.23 bits per heavy atom. The van der Waals surface area contributed by atoms with E-state index in [0.29, 0.717) is 11.4 Å². The number of nitrogens with zero attached hydrogens (tertiary/aromatic N) is 6. The number of aryl methyl sites for hydroxylation is 2. The fraction of sp³-hybridized carbons (Fsp3) is 0.448. The second-order valence-corrected chi connectivity index (χ2v) is 13.5. The van der Waals surface area contributed by atoms with E-state index in [-0.39, 0.29) is 16.9 Å². The van der Waals surface area contributed by atoms with Crippen LogP contribution in [-0.4, -0.2) is 46.5 Å². The second-order valence-electron chi connectivity index (χ2n) is 11.8. The molecular formula is C29H34FN7O2S. The Balaban J connectivity index is 1.33. The van der Waals surface area contributed by atoms with Gasteiger partial charge < -0.3 is 14.0 Å². The van der Waals surface area contributed by atoms with Gasteiger partial charge in [-0.15, -0.1) is 0 Å². The zero-order chi connectivity index (χ0) is 28.4. The number of nitrogens with two attached hydrogens (primary N) is 1. The van der Waals surface area contributed by atoms with Crippen molar-refractivity contribution in [3.8, 4) is 11.3 Å². The van der Waals surface area contributed by atoms with Gasteiger partial charge in [0.15, 0.2) is 11.6 Å². The van der Waals surface area contributed by atoms with Crippen molar-refractivity contribution in [1.82, 2.24) is 24.1 Å². The van der Waals surface area contributed by atoms with Crippen LogP contribution in [0.15, 0.2) is 47.7 Å². The smallest absolute Gasteiger partial charge is 0.286 e. The highest BCUT2D eigenvalue weighted by Gasteiger charge is 2.51. The maximum atomic E-state index is 15.1. The number of halogens is 1. The molecule has 0 aromatic carbocycles. The first-order valence-corrected chi connectivity index (χ1v) is 14.8. The number of hydrogen-bond donors (Lipinski definition) is 1. The third-order valence-corrected chi connectivity index (χ3v) is 10.3. The maximum Gasteiger partial charge on any atom is 0.286 e. The van der Waals surface area contributed by atoms with Gasteiger partial charge in [0.1, 0.15) is 10.3 Å². The fourth-order valence-corrected chi connectivity index (χ4v) is 7.02. The third kappa shape index (κ3) is 4.22. The number of hydrogen-bond acceptors (Lipinski definition) is 7. The Kier molecular flexibility index (Phi) is 6.51. The van der Waals surface area contributed by atoms with E-state index in [2.05, 4.69) is 16.1 Å². The van der Waals surface area contributed by atoms with E-state index >= 15 is 4.39 Å². The summed E-state index contributed by atoms with van der Waals surface area (Å²) in [6, 6.07) is 7.63. The van der Waals surface area contributed by atoms with Crippen molar-refractivity contribution in [3.63, 3.8) is 0 Å². The molecule has 40 heavy (non-hydrogen) atoms. The van der Waals surface area contributed by atoms with Crippen LogP contribution in [0, 0.1) is 18.2 Å². The second kappa shape index (κ2) is 9.67. The SMILES string of the molecule is Cc1nc(N2CCC3(CC2)Cc2ncccc2[C@H]3CC(C)(C)[S+](N)[O-])c2ccnn2c1-c1ccn(C)c(=O)c1F. The number of rotatable bonds is 5. The molecule has 1 fully saturated rings. The Labute approximate surface area is 235 Å². The summed E-state index contributed by atoms with van der Waals surface area (Å²) in [6.07, 6.45) is 8.56. The van der Waals surface area contributed by atoms with E-state index in [0.717, 1.165) is 55.8 Å². The number of pyridine rings is 2. The van der Waals surface area contributed by atoms with Gasteiger partial charge in [-0.25, -0.2) is 13.9 Å². The van der Waals surface area contributed by atoms with Gasteiger partial charge in [-0.3, -0.25) is 9.78 Å². The molecule has 0 bridgehead atoms. The lowest BCUT2D eigenvalue weighted by atomic mass is 9.67. The normalized spacial score (nSPS) is 19.4. The molecule has 1 aliphatic heterocycles. The van der Waals surface area contributed by atoms with E-state index in [1.54, 1.807) is 23.0 Å². The van der Waals surface area contributed by atoms with Gasteiger partial charge >= 0.3 is 0 Å². The first-order chi connectivity index (χ1) is 19.0. The van der Waals surface area contributed by atoms with Crippen LogP contribution in [0.4, 0.5) is 10.2 Å². The van der Waals surface area contributed by atoms with Crippen molar-refractivity contribution in [2.45, 2.75) is 57.1 Å². The molecule has 0 amide bonds. The molecule has 5 heterocycles. The van der Waals surface area contributed by atoms with Crippen LogP contribution >= 0.6 is 0 Å². The topological polar surface area (TPSA) is 117 Å². The van der Waals surface area contributed by atoms with Gasteiger partial charge in [-0.1, -0.05) is 6.07 Å². The van der Waals surface area contributed by atoms with Crippen LogP contribution in [0.5, 0.6) is 0 Å². The Morgan fingerprint density at radius 2 is 1.98 bits per heavy atom. The number of fused-ring (bicyclic) bond motifs is 2. The lowest BCUT2D eigenvalue weighted by Crippen LogP contribution is -2.46. The molecule has 0 saturated carbocycles. The molecule has 2 N–H and O–H groups in total. The monoisotopic (exact) mass is 563 g/mol. The van der Waals surface area contributed by atoms with Crippen LogP contribution in [-0.2, 0) is 24.8 Å². The van der Waals surface area contributed by atoms with E-state index in [4.69, 9.17) is 15.1 Å². The van der Waals surface area contributed by atoms with Gasteiger partial charge in [-0.2, -0.15) is 10.2 Å². The number of aromatic nitrogens is 5. The molecule has 1 spiro atoms. The first kappa shape index (κ1) is 26.9. The molecule has 1 saturated heterocycles. The maximum absolute atomic E-state index is 15.1. The summed E-state index contributed by atoms with van der Waals surface area (Å²) in [5.74, 6) is 0.198. The summed E-state index contributed by atoms with van der Waals surface area (Å²) >= 11 is -1.44. The zero-order valence-corrected chi connectivity index (χ0v) is 24.0. The largest absolute Gasteiger partial charge is 0.598 e. The average Bonchev–Trinajstić information content (AvgIpc) is 3.52. The van der Waals surface area contributed by atoms with Gasteiger partial charge in [0.05, 0.1) is 17.6 Å². The van der Waals surface area contributed by atoms with Gasteiger partial charge in [0.2, 0.25) is 0 Å². The molecule has 4 aromatic heterocycles. The molecule has 0 radical (unpaired) electrons. The lowest BCUT2D eigenvalue weighted by molar-refractivity contribution is 0.169. The Hall–Kier alpha value is -3.28. The van der Waals surface area contributed by atoms with E-state index in [1.807, 2.05) is 39.1 Å². The third-order valence-electron chi connectivity index (χ3n) is 9.02. The Bertz CT molecular complexity index is 1660. The van der Waals surface area contributed by atoms with Crippen LogP contribution in [0.1, 0.15) is 56.0 Å². The molecule has 9 nitrogen and oxygen atoms in total. The van der Waals surface area contributed by atoms with Gasteiger partial charge in [-0.05, 0) is 75.1 Å². The molecule has 6 rings (SSSR count). The van der Waals surface area contributed by atoms with Crippen molar-refractivity contribution in [3.05, 3.63) is 76.0 Å². The standard InChI is InChI=1S/C29H34FN7O2S/c1-18-25(20-8-13-35(4)27(38)24(20)30)37-23(7-12-33-37)26(34-18)36-14-9-29(10-15-36)17-22-19(6-5-11-32-22)21(29)16-28(2,3)40(31)39/h5-8,11-13,21H,9-10,14-17,31H2,1-4H3/t21-,40?/m1/s1. The highest BCUT2D eigenvalue weighted by Crippen LogP contribution is 2.56. The predicted molar refractivity (Wildman–Crippen MR) is 154 cm³/mol. The van der Waals surface area contributed by atoms with Crippen molar-refractivity contribution in [2.24, 2.45) is 17.6 Å². The lowest BCUT2D eigenvalue weighted by Gasteiger charge is -2.45. The summed E-state index contributed by atoms with van der Waals surface area (Å²) < 4.78 is 29.9. The molecule has 2 atom stereocenters. The minimum Gasteiger partial charge on any atom is -0.598 e. The quantitative estimate of drug-likeness (QED) is 0.368. The molecule has 4 aromatic rings. The van der Waals surface area contributed by atoms with Crippen LogP contribution < -0.4 is 15.6 Å². The summed E-state index contributed by atoms with van der Waals surface area (Å²) in [4.78, 5) is 24.3. The summed E-state index contributed by atoms with van der Waals surface area (Å²) in [5.41, 5.74) is 3.72. The Morgan fingerprint density at radius 3 is 2.70 bits per heavy atom. The number of anilines is 1. The highest BCUT2D eigenvalue weighted by molar-refractivity contribution is 7.90. The molecule has 1 aliphatic carbocycles. The molecule has 11 heteroatoms. The number of piperidine rings is 1. The highest BCUT2D eigenvalue weighted by atomic mass is 32.2. The molecule has 2 aliphatic rings. The minimum atomic E-state index is -1.44. The zero-order valence-electron chi connectivity index (χ0n) is 23.2. The van der Waals surface area contributed by atoms with E-state index in [1.165, 1.54) is 17.2 Å². The van der Waals surface area contributed by atoms with Crippen molar-refractivity contribution < 1.29 is 8.94 Å².